The van der Waals surface area contributed by atoms with E-state index in [2.05, 4.69) is 26.1 Å². The fraction of sp³-hybridized carbons (Fsp3) is 1.00. The number of unbranched alkanes of at least 4 members (excludes halogenated alkanes) is 1. The summed E-state index contributed by atoms with van der Waals surface area (Å²) in [5.74, 6) is 1.97. The van der Waals surface area contributed by atoms with Crippen LogP contribution in [0.5, 0.6) is 0 Å². The predicted molar refractivity (Wildman–Crippen MR) is 86.6 cm³/mol. The van der Waals surface area contributed by atoms with Gasteiger partial charge in [-0.2, -0.15) is 0 Å². The van der Waals surface area contributed by atoms with Crippen molar-refractivity contribution < 1.29 is 0 Å². The minimum absolute atomic E-state index is 0.787. The van der Waals surface area contributed by atoms with Gasteiger partial charge in [0.1, 0.15) is 0 Å². The van der Waals surface area contributed by atoms with Crippen LogP contribution in [0.3, 0.4) is 0 Å². The van der Waals surface area contributed by atoms with E-state index in [1.54, 1.807) is 0 Å². The molecule has 1 saturated carbocycles. The molecule has 0 aromatic rings. The highest BCUT2D eigenvalue weighted by molar-refractivity contribution is 4.77. The van der Waals surface area contributed by atoms with Crippen LogP contribution in [0.2, 0.25) is 0 Å². The maximum absolute atomic E-state index is 3.77. The van der Waals surface area contributed by atoms with E-state index in [1.807, 2.05) is 0 Å². The van der Waals surface area contributed by atoms with Gasteiger partial charge >= 0.3 is 0 Å². The van der Waals surface area contributed by atoms with Crippen molar-refractivity contribution in [2.24, 2.45) is 11.8 Å². The van der Waals surface area contributed by atoms with Gasteiger partial charge in [-0.15, -0.1) is 0 Å². The largest absolute Gasteiger partial charge is 0.314 e. The second-order valence-corrected chi connectivity index (χ2v) is 6.65. The number of nitrogens with one attached hydrogen (secondary N) is 1. The van der Waals surface area contributed by atoms with E-state index >= 15 is 0 Å². The highest BCUT2D eigenvalue weighted by Gasteiger charge is 2.20. The van der Waals surface area contributed by atoms with Crippen LogP contribution in [0.1, 0.15) is 91.4 Å². The summed E-state index contributed by atoms with van der Waals surface area (Å²) in [6.45, 7) is 8.10. The van der Waals surface area contributed by atoms with Crippen molar-refractivity contribution in [2.45, 2.75) is 97.4 Å². The van der Waals surface area contributed by atoms with Crippen LogP contribution in [-0.4, -0.2) is 12.6 Å². The third kappa shape index (κ3) is 7.34. The molecule has 0 aromatic heterocycles. The van der Waals surface area contributed by atoms with Crippen LogP contribution in [0.15, 0.2) is 0 Å². The molecule has 114 valence electrons. The monoisotopic (exact) mass is 267 g/mol. The average Bonchev–Trinajstić information content (AvgIpc) is 2.44. The first-order valence-corrected chi connectivity index (χ1v) is 9.03. The van der Waals surface area contributed by atoms with Gasteiger partial charge in [0.05, 0.1) is 0 Å². The van der Waals surface area contributed by atoms with Gasteiger partial charge in [0.2, 0.25) is 0 Å². The van der Waals surface area contributed by atoms with Gasteiger partial charge in [0.15, 0.2) is 0 Å². The molecular weight excluding hydrogens is 230 g/mol. The lowest BCUT2D eigenvalue weighted by Crippen LogP contribution is -2.33. The highest BCUT2D eigenvalue weighted by Crippen LogP contribution is 2.29. The number of hydrogen-bond acceptors (Lipinski definition) is 1. The number of rotatable bonds is 10. The maximum atomic E-state index is 3.77. The van der Waals surface area contributed by atoms with Crippen LogP contribution in [0.25, 0.3) is 0 Å². The number of hydrogen-bond donors (Lipinski definition) is 1. The Balaban J connectivity index is 2.36. The minimum Gasteiger partial charge on any atom is -0.314 e. The molecule has 0 aromatic carbocycles. The van der Waals surface area contributed by atoms with Crippen LogP contribution >= 0.6 is 0 Å². The van der Waals surface area contributed by atoms with E-state index in [-0.39, 0.29) is 0 Å². The summed E-state index contributed by atoms with van der Waals surface area (Å²) in [5.41, 5.74) is 0. The Kier molecular flexibility index (Phi) is 9.59. The maximum Gasteiger partial charge on any atom is 0.00722 e. The van der Waals surface area contributed by atoms with E-state index in [0.717, 1.165) is 24.4 Å². The fourth-order valence-electron chi connectivity index (χ4n) is 3.76. The molecule has 0 bridgehead atoms. The molecule has 1 heteroatoms. The Labute approximate surface area is 121 Å². The summed E-state index contributed by atoms with van der Waals surface area (Å²) in [7, 11) is 0. The van der Waals surface area contributed by atoms with Gasteiger partial charge in [-0.25, -0.2) is 0 Å². The molecule has 2 atom stereocenters. The molecule has 1 aliphatic rings. The molecule has 1 N–H and O–H groups in total. The Hall–Kier alpha value is -0.0400. The van der Waals surface area contributed by atoms with E-state index < -0.39 is 0 Å². The van der Waals surface area contributed by atoms with E-state index in [1.165, 1.54) is 70.6 Å². The van der Waals surface area contributed by atoms with Crippen LogP contribution in [0.4, 0.5) is 0 Å². The van der Waals surface area contributed by atoms with Crippen molar-refractivity contribution in [3.8, 4) is 0 Å². The molecule has 0 spiro atoms. The molecule has 0 saturated heterocycles. The zero-order valence-electron chi connectivity index (χ0n) is 13.7. The minimum atomic E-state index is 0.787. The Morgan fingerprint density at radius 2 is 1.79 bits per heavy atom. The fourth-order valence-corrected chi connectivity index (χ4v) is 3.76. The van der Waals surface area contributed by atoms with E-state index in [9.17, 15) is 0 Å². The van der Waals surface area contributed by atoms with E-state index in [0.29, 0.717) is 0 Å². The van der Waals surface area contributed by atoms with Gasteiger partial charge < -0.3 is 5.32 Å². The molecule has 1 fully saturated rings. The lowest BCUT2D eigenvalue weighted by Gasteiger charge is -2.29. The first-order chi connectivity index (χ1) is 9.30. The normalized spacial score (nSPS) is 20.4. The van der Waals surface area contributed by atoms with Crippen molar-refractivity contribution in [1.29, 1.82) is 0 Å². The second-order valence-electron chi connectivity index (χ2n) is 6.65. The Bertz CT molecular complexity index is 196. The molecule has 0 radical (unpaired) electrons. The van der Waals surface area contributed by atoms with Crippen molar-refractivity contribution in [2.75, 3.05) is 6.54 Å². The van der Waals surface area contributed by atoms with Gasteiger partial charge in [0, 0.05) is 6.04 Å². The predicted octanol–water partition coefficient (Wildman–Crippen LogP) is 5.54. The molecule has 0 amide bonds. The summed E-state index contributed by atoms with van der Waals surface area (Å²) in [5, 5.41) is 3.77. The molecule has 1 aliphatic carbocycles. The zero-order chi connectivity index (χ0) is 13.9. The second kappa shape index (κ2) is 10.7. The van der Waals surface area contributed by atoms with Crippen molar-refractivity contribution in [3.63, 3.8) is 0 Å². The quantitative estimate of drug-likeness (QED) is 0.548. The molecule has 0 heterocycles. The first-order valence-electron chi connectivity index (χ1n) is 9.03. The van der Waals surface area contributed by atoms with Gasteiger partial charge in [-0.05, 0) is 31.2 Å². The average molecular weight is 268 g/mol. The van der Waals surface area contributed by atoms with E-state index in [4.69, 9.17) is 0 Å². The molecule has 2 unspecified atom stereocenters. The van der Waals surface area contributed by atoms with Crippen molar-refractivity contribution in [3.05, 3.63) is 0 Å². The SMILES string of the molecule is CCCCC(CC)CC(CC1CCCCC1)NCC. The summed E-state index contributed by atoms with van der Waals surface area (Å²) >= 11 is 0. The van der Waals surface area contributed by atoms with Crippen molar-refractivity contribution >= 4 is 0 Å². The van der Waals surface area contributed by atoms with Gasteiger partial charge in [0.25, 0.3) is 0 Å². The van der Waals surface area contributed by atoms with Gasteiger partial charge in [-0.3, -0.25) is 0 Å². The van der Waals surface area contributed by atoms with Gasteiger partial charge in [-0.1, -0.05) is 78.6 Å². The standard InChI is InChI=1S/C18H37N/c1-4-7-11-16(5-2)14-18(19-6-3)15-17-12-9-8-10-13-17/h16-19H,4-15H2,1-3H3. The Morgan fingerprint density at radius 1 is 1.05 bits per heavy atom. The summed E-state index contributed by atoms with van der Waals surface area (Å²) in [6.07, 6.45) is 15.9. The lowest BCUT2D eigenvalue weighted by molar-refractivity contribution is 0.264. The smallest absolute Gasteiger partial charge is 0.00722 e. The summed E-state index contributed by atoms with van der Waals surface area (Å²) in [6, 6.07) is 0.787. The lowest BCUT2D eigenvalue weighted by atomic mass is 9.82. The van der Waals surface area contributed by atoms with Crippen LogP contribution in [-0.2, 0) is 0 Å². The highest BCUT2D eigenvalue weighted by atomic mass is 14.9. The molecule has 1 nitrogen and oxygen atoms in total. The molecule has 0 aliphatic heterocycles. The Morgan fingerprint density at radius 3 is 2.37 bits per heavy atom. The summed E-state index contributed by atoms with van der Waals surface area (Å²) < 4.78 is 0. The molecule has 1 rings (SSSR count). The van der Waals surface area contributed by atoms with Crippen LogP contribution in [0, 0.1) is 11.8 Å². The van der Waals surface area contributed by atoms with Crippen LogP contribution < -0.4 is 5.32 Å². The third-order valence-electron chi connectivity index (χ3n) is 5.00. The zero-order valence-corrected chi connectivity index (χ0v) is 13.7. The molecular formula is C18H37N. The molecule has 19 heavy (non-hydrogen) atoms. The third-order valence-corrected chi connectivity index (χ3v) is 5.00. The topological polar surface area (TPSA) is 12.0 Å². The van der Waals surface area contributed by atoms with Crippen molar-refractivity contribution in [1.82, 2.24) is 5.32 Å². The summed E-state index contributed by atoms with van der Waals surface area (Å²) in [4.78, 5) is 0. The first kappa shape index (κ1) is 17.0.